The fraction of sp³-hybridized carbons (Fsp3) is 0.346. The Labute approximate surface area is 199 Å². The Kier molecular flexibility index (Phi) is 7.19. The van der Waals surface area contributed by atoms with E-state index in [9.17, 15) is 4.79 Å². The number of hydrogen-bond acceptors (Lipinski definition) is 4. The van der Waals surface area contributed by atoms with Crippen molar-refractivity contribution in [2.45, 2.75) is 33.9 Å². The molecule has 1 aliphatic rings. The predicted molar refractivity (Wildman–Crippen MR) is 132 cm³/mol. The number of ether oxygens (including phenoxy) is 1. The third-order valence-electron chi connectivity index (χ3n) is 6.00. The first-order valence-corrected chi connectivity index (χ1v) is 12.2. The van der Waals surface area contributed by atoms with Crippen molar-refractivity contribution >= 4 is 28.8 Å². The van der Waals surface area contributed by atoms with E-state index < -0.39 is 0 Å². The molecule has 0 bridgehead atoms. The van der Waals surface area contributed by atoms with Crippen LogP contribution >= 0.6 is 22.9 Å². The van der Waals surface area contributed by atoms with Crippen LogP contribution in [-0.4, -0.2) is 41.9 Å². The van der Waals surface area contributed by atoms with Gasteiger partial charge in [0.05, 0.1) is 4.88 Å². The number of halogens is 1. The van der Waals surface area contributed by atoms with Crippen molar-refractivity contribution in [1.82, 2.24) is 9.80 Å². The highest BCUT2D eigenvalue weighted by Gasteiger charge is 2.23. The van der Waals surface area contributed by atoms with Crippen molar-refractivity contribution in [3.63, 3.8) is 0 Å². The van der Waals surface area contributed by atoms with Crippen molar-refractivity contribution in [2.75, 3.05) is 26.2 Å². The van der Waals surface area contributed by atoms with Gasteiger partial charge < -0.3 is 9.64 Å². The van der Waals surface area contributed by atoms with Crippen LogP contribution in [0.2, 0.25) is 5.02 Å². The van der Waals surface area contributed by atoms with Gasteiger partial charge in [-0.05, 0) is 72.7 Å². The average molecular weight is 469 g/mol. The van der Waals surface area contributed by atoms with Gasteiger partial charge in [0.1, 0.15) is 12.4 Å². The van der Waals surface area contributed by atoms with Crippen LogP contribution in [0.5, 0.6) is 5.75 Å². The van der Waals surface area contributed by atoms with E-state index in [-0.39, 0.29) is 5.91 Å². The first-order chi connectivity index (χ1) is 15.4. The van der Waals surface area contributed by atoms with Gasteiger partial charge in [-0.2, -0.15) is 0 Å². The van der Waals surface area contributed by atoms with Gasteiger partial charge in [0.25, 0.3) is 5.91 Å². The highest BCUT2D eigenvalue weighted by atomic mass is 35.5. The predicted octanol–water partition coefficient (Wildman–Crippen LogP) is 5.86. The first kappa shape index (κ1) is 22.8. The molecule has 0 spiro atoms. The highest BCUT2D eigenvalue weighted by Crippen LogP contribution is 2.25. The lowest BCUT2D eigenvalue weighted by Crippen LogP contribution is -2.48. The Balaban J connectivity index is 1.30. The number of nitrogens with zero attached hydrogens (tertiary/aromatic N) is 2. The lowest BCUT2D eigenvalue weighted by Gasteiger charge is -2.34. The molecule has 2 heterocycles. The third kappa shape index (κ3) is 5.52. The number of carbonyl (C=O) groups excluding carboxylic acids is 1. The molecule has 0 N–H and O–H groups in total. The second-order valence-corrected chi connectivity index (χ2v) is 9.86. The minimum absolute atomic E-state index is 0.120. The number of benzene rings is 2. The van der Waals surface area contributed by atoms with E-state index in [2.05, 4.69) is 49.9 Å². The Morgan fingerprint density at radius 2 is 1.72 bits per heavy atom. The second kappa shape index (κ2) is 10.1. The smallest absolute Gasteiger partial charge is 0.264 e. The standard InChI is InChI=1S/C26H29ClN2O2S/c1-18-12-19(2)20(3)24(13-18)31-16-22-14-25(32-17-22)26(30)29-10-8-28(9-11-29)15-21-4-6-23(27)7-5-21/h4-7,12-14,17H,8-11,15-16H2,1-3H3. The van der Waals surface area contributed by atoms with Crippen molar-refractivity contribution in [3.05, 3.63) is 85.6 Å². The number of hydrogen-bond donors (Lipinski definition) is 0. The van der Waals surface area contributed by atoms with Gasteiger partial charge in [0.15, 0.2) is 0 Å². The quantitative estimate of drug-likeness (QED) is 0.454. The maximum absolute atomic E-state index is 13.0. The van der Waals surface area contributed by atoms with Crippen LogP contribution < -0.4 is 4.74 Å². The van der Waals surface area contributed by atoms with Crippen LogP contribution in [0, 0.1) is 20.8 Å². The normalized spacial score (nSPS) is 14.6. The second-order valence-electron chi connectivity index (χ2n) is 8.51. The molecule has 1 aliphatic heterocycles. The van der Waals surface area contributed by atoms with Gasteiger partial charge in [-0.15, -0.1) is 11.3 Å². The number of carbonyl (C=O) groups is 1. The van der Waals surface area contributed by atoms with E-state index in [1.165, 1.54) is 33.6 Å². The van der Waals surface area contributed by atoms with Crippen LogP contribution in [0.25, 0.3) is 0 Å². The molecule has 32 heavy (non-hydrogen) atoms. The molecule has 0 atom stereocenters. The molecule has 6 heteroatoms. The van der Waals surface area contributed by atoms with Crippen molar-refractivity contribution in [3.8, 4) is 5.75 Å². The molecule has 4 nitrogen and oxygen atoms in total. The maximum atomic E-state index is 13.0. The molecule has 0 unspecified atom stereocenters. The van der Waals surface area contributed by atoms with Gasteiger partial charge in [-0.25, -0.2) is 0 Å². The van der Waals surface area contributed by atoms with Gasteiger partial charge in [-0.1, -0.05) is 29.8 Å². The molecule has 3 aromatic rings. The summed E-state index contributed by atoms with van der Waals surface area (Å²) in [5.41, 5.74) is 5.88. The van der Waals surface area contributed by atoms with Crippen molar-refractivity contribution in [2.24, 2.45) is 0 Å². The minimum Gasteiger partial charge on any atom is -0.489 e. The van der Waals surface area contributed by atoms with Crippen molar-refractivity contribution in [1.29, 1.82) is 0 Å². The van der Waals surface area contributed by atoms with Gasteiger partial charge in [0.2, 0.25) is 0 Å². The summed E-state index contributed by atoms with van der Waals surface area (Å²) in [5.74, 6) is 1.04. The third-order valence-corrected chi connectivity index (χ3v) is 7.22. The number of rotatable bonds is 6. The summed E-state index contributed by atoms with van der Waals surface area (Å²) in [6.07, 6.45) is 0. The molecule has 168 valence electrons. The van der Waals surface area contributed by atoms with E-state index in [0.717, 1.165) is 53.9 Å². The number of piperazine rings is 1. The summed E-state index contributed by atoms with van der Waals surface area (Å²) in [4.78, 5) is 18.1. The molecule has 1 fully saturated rings. The summed E-state index contributed by atoms with van der Waals surface area (Å²) in [5, 5.41) is 2.79. The molecule has 1 aromatic heterocycles. The van der Waals surface area contributed by atoms with Crippen LogP contribution in [0.15, 0.2) is 47.8 Å². The molecule has 4 rings (SSSR count). The lowest BCUT2D eigenvalue weighted by atomic mass is 10.1. The summed E-state index contributed by atoms with van der Waals surface area (Å²) in [7, 11) is 0. The molecule has 0 radical (unpaired) electrons. The van der Waals surface area contributed by atoms with Gasteiger partial charge in [-0.3, -0.25) is 9.69 Å². The fourth-order valence-electron chi connectivity index (χ4n) is 3.99. The van der Waals surface area contributed by atoms with Crippen molar-refractivity contribution < 1.29 is 9.53 Å². The molecule has 1 saturated heterocycles. The van der Waals surface area contributed by atoms with Crippen LogP contribution in [0.4, 0.5) is 0 Å². The summed E-state index contributed by atoms with van der Waals surface area (Å²) >= 11 is 7.48. The van der Waals surface area contributed by atoms with E-state index in [0.29, 0.717) is 6.61 Å². The van der Waals surface area contributed by atoms with E-state index in [1.54, 1.807) is 0 Å². The Morgan fingerprint density at radius 1 is 1.00 bits per heavy atom. The zero-order valence-corrected chi connectivity index (χ0v) is 20.4. The Morgan fingerprint density at radius 3 is 2.44 bits per heavy atom. The average Bonchev–Trinajstić information content (AvgIpc) is 3.26. The summed E-state index contributed by atoms with van der Waals surface area (Å²) in [6, 6.07) is 14.2. The fourth-order valence-corrected chi connectivity index (χ4v) is 4.98. The molecule has 0 aliphatic carbocycles. The molecule has 1 amide bonds. The monoisotopic (exact) mass is 468 g/mol. The Bertz CT molecular complexity index is 1090. The highest BCUT2D eigenvalue weighted by molar-refractivity contribution is 7.12. The topological polar surface area (TPSA) is 32.8 Å². The molecule has 2 aromatic carbocycles. The zero-order chi connectivity index (χ0) is 22.7. The zero-order valence-electron chi connectivity index (χ0n) is 18.9. The Hall–Kier alpha value is -2.34. The maximum Gasteiger partial charge on any atom is 0.264 e. The lowest BCUT2D eigenvalue weighted by molar-refractivity contribution is 0.0633. The number of amides is 1. The first-order valence-electron chi connectivity index (χ1n) is 10.9. The van der Waals surface area contributed by atoms with Crippen LogP contribution in [0.1, 0.15) is 37.5 Å². The molecular weight excluding hydrogens is 440 g/mol. The summed E-state index contributed by atoms with van der Waals surface area (Å²) < 4.78 is 6.07. The number of thiophene rings is 1. The minimum atomic E-state index is 0.120. The van der Waals surface area contributed by atoms with E-state index >= 15 is 0 Å². The van der Waals surface area contributed by atoms with E-state index in [1.807, 2.05) is 28.5 Å². The van der Waals surface area contributed by atoms with E-state index in [4.69, 9.17) is 16.3 Å². The van der Waals surface area contributed by atoms with Gasteiger partial charge >= 0.3 is 0 Å². The van der Waals surface area contributed by atoms with Crippen LogP contribution in [0.3, 0.4) is 0 Å². The van der Waals surface area contributed by atoms with Gasteiger partial charge in [0, 0.05) is 43.3 Å². The number of aryl methyl sites for hydroxylation is 2. The molecular formula is C26H29ClN2O2S. The summed E-state index contributed by atoms with van der Waals surface area (Å²) in [6.45, 7) is 10.9. The van der Waals surface area contributed by atoms with Crippen LogP contribution in [-0.2, 0) is 13.2 Å². The molecule has 0 saturated carbocycles. The largest absolute Gasteiger partial charge is 0.489 e. The SMILES string of the molecule is Cc1cc(C)c(C)c(OCc2csc(C(=O)N3CCN(Cc4ccc(Cl)cc4)CC3)c2)c1.